The van der Waals surface area contributed by atoms with Crippen molar-refractivity contribution in [1.29, 1.82) is 0 Å². The molecule has 0 spiro atoms. The zero-order chi connectivity index (χ0) is 30.4. The highest BCUT2D eigenvalue weighted by molar-refractivity contribution is 7.87. The predicted molar refractivity (Wildman–Crippen MR) is 153 cm³/mol. The number of urea groups is 1. The summed E-state index contributed by atoms with van der Waals surface area (Å²) in [5.74, 6) is -2.45. The van der Waals surface area contributed by atoms with Crippen molar-refractivity contribution in [3.05, 3.63) is 102 Å². The van der Waals surface area contributed by atoms with Crippen LogP contribution in [0.3, 0.4) is 0 Å². The number of esters is 1. The Bertz CT molecular complexity index is 1700. The smallest absolute Gasteiger partial charge is 0.339 e. The highest BCUT2D eigenvalue weighted by atomic mass is 32.2. The molecule has 4 amide bonds. The lowest BCUT2D eigenvalue weighted by Gasteiger charge is -2.26. The minimum atomic E-state index is -4.23. The molecule has 0 atom stereocenters. The van der Waals surface area contributed by atoms with Gasteiger partial charge >= 0.3 is 22.1 Å². The topological polar surface area (TPSA) is 145 Å². The van der Waals surface area contributed by atoms with Gasteiger partial charge in [-0.3, -0.25) is 14.9 Å². The zero-order valence-corrected chi connectivity index (χ0v) is 23.5. The summed E-state index contributed by atoms with van der Waals surface area (Å²) >= 11 is 0. The standard InChI is InChI=1S/C30H26N2O9S/c1-4-9-21-16-19(18-25(40-5-2)26(21)41-42(37,38)23-10-7-6-8-11-23)17-24-27(33)31-30(36)32(28(24)34)22-14-12-20(13-15-22)29(35)39-3/h4,6-8,10-18H,1,5,9H2,2-3H3,(H,31,33,36)/b24-17+. The summed E-state index contributed by atoms with van der Waals surface area (Å²) < 4.78 is 41.9. The average Bonchev–Trinajstić information content (AvgIpc) is 2.97. The summed E-state index contributed by atoms with van der Waals surface area (Å²) in [6.07, 6.45) is 2.94. The lowest BCUT2D eigenvalue weighted by molar-refractivity contribution is -0.122. The van der Waals surface area contributed by atoms with Crippen molar-refractivity contribution in [3.8, 4) is 11.5 Å². The number of ether oxygens (including phenoxy) is 2. The Morgan fingerprint density at radius 3 is 2.33 bits per heavy atom. The summed E-state index contributed by atoms with van der Waals surface area (Å²) in [4.78, 5) is 51.2. The van der Waals surface area contributed by atoms with Crippen LogP contribution in [-0.4, -0.2) is 45.9 Å². The van der Waals surface area contributed by atoms with E-state index in [1.54, 1.807) is 25.1 Å². The number of barbiturate groups is 1. The van der Waals surface area contributed by atoms with E-state index in [9.17, 15) is 27.6 Å². The van der Waals surface area contributed by atoms with Crippen LogP contribution >= 0.6 is 0 Å². The molecular weight excluding hydrogens is 564 g/mol. The molecule has 4 rings (SSSR count). The molecule has 0 radical (unpaired) electrons. The minimum absolute atomic E-state index is 0.0539. The number of hydrogen-bond donors (Lipinski definition) is 1. The van der Waals surface area contributed by atoms with Gasteiger partial charge in [0.25, 0.3) is 11.8 Å². The second-order valence-electron chi connectivity index (χ2n) is 8.78. The Hall–Kier alpha value is -5.23. The van der Waals surface area contributed by atoms with E-state index in [1.807, 2.05) is 0 Å². The molecule has 0 bridgehead atoms. The van der Waals surface area contributed by atoms with Crippen LogP contribution in [0.25, 0.3) is 6.08 Å². The van der Waals surface area contributed by atoms with Crippen LogP contribution in [0.4, 0.5) is 10.5 Å². The number of nitrogens with zero attached hydrogens (tertiary/aromatic N) is 1. The average molecular weight is 591 g/mol. The maximum absolute atomic E-state index is 13.4. The molecule has 1 fully saturated rings. The van der Waals surface area contributed by atoms with Crippen LogP contribution in [0.2, 0.25) is 0 Å². The van der Waals surface area contributed by atoms with Crippen LogP contribution in [-0.2, 0) is 30.9 Å². The van der Waals surface area contributed by atoms with E-state index >= 15 is 0 Å². The van der Waals surface area contributed by atoms with Crippen molar-refractivity contribution in [2.75, 3.05) is 18.6 Å². The van der Waals surface area contributed by atoms with Gasteiger partial charge in [-0.1, -0.05) is 24.3 Å². The second kappa shape index (κ2) is 12.5. The Labute approximate surface area is 242 Å². The number of benzene rings is 3. The van der Waals surface area contributed by atoms with E-state index in [0.717, 1.165) is 4.90 Å². The zero-order valence-electron chi connectivity index (χ0n) is 22.7. The number of allylic oxidation sites excluding steroid dienone is 1. The van der Waals surface area contributed by atoms with Crippen LogP contribution in [0.15, 0.2) is 89.9 Å². The van der Waals surface area contributed by atoms with Crippen LogP contribution < -0.4 is 19.1 Å². The van der Waals surface area contributed by atoms with Crippen molar-refractivity contribution in [2.45, 2.75) is 18.2 Å². The molecule has 3 aromatic rings. The third-order valence-corrected chi connectivity index (χ3v) is 7.24. The fourth-order valence-electron chi connectivity index (χ4n) is 4.10. The van der Waals surface area contributed by atoms with E-state index in [2.05, 4.69) is 16.6 Å². The third-order valence-electron chi connectivity index (χ3n) is 6.00. The van der Waals surface area contributed by atoms with Crippen LogP contribution in [0.5, 0.6) is 11.5 Å². The highest BCUT2D eigenvalue weighted by Gasteiger charge is 2.37. The first-order valence-corrected chi connectivity index (χ1v) is 14.0. The molecule has 42 heavy (non-hydrogen) atoms. The monoisotopic (exact) mass is 590 g/mol. The molecule has 1 heterocycles. The number of methoxy groups -OCH3 is 1. The Morgan fingerprint density at radius 1 is 1.02 bits per heavy atom. The molecule has 12 heteroatoms. The number of carbonyl (C=O) groups is 4. The molecule has 0 unspecified atom stereocenters. The molecule has 0 aliphatic carbocycles. The number of imide groups is 2. The van der Waals surface area contributed by atoms with Crippen molar-refractivity contribution in [1.82, 2.24) is 5.32 Å². The predicted octanol–water partition coefficient (Wildman–Crippen LogP) is 4.03. The number of rotatable bonds is 10. The van der Waals surface area contributed by atoms with Crippen molar-refractivity contribution < 1.29 is 41.3 Å². The van der Waals surface area contributed by atoms with Crippen molar-refractivity contribution in [3.63, 3.8) is 0 Å². The lowest BCUT2D eigenvalue weighted by atomic mass is 10.0. The molecule has 0 aromatic heterocycles. The first kappa shape index (κ1) is 29.7. The minimum Gasteiger partial charge on any atom is -0.490 e. The first-order valence-electron chi connectivity index (χ1n) is 12.6. The fraction of sp³-hybridized carbons (Fsp3) is 0.133. The van der Waals surface area contributed by atoms with Gasteiger partial charge in [0.2, 0.25) is 0 Å². The van der Waals surface area contributed by atoms with Gasteiger partial charge in [0.15, 0.2) is 11.5 Å². The van der Waals surface area contributed by atoms with Crippen molar-refractivity contribution in [2.24, 2.45) is 0 Å². The Balaban J connectivity index is 1.75. The summed E-state index contributed by atoms with van der Waals surface area (Å²) in [5, 5.41) is 2.13. The van der Waals surface area contributed by atoms with E-state index in [1.165, 1.54) is 67.8 Å². The molecule has 216 valence electrons. The quantitative estimate of drug-likeness (QED) is 0.122. The summed E-state index contributed by atoms with van der Waals surface area (Å²) in [7, 11) is -3.01. The molecule has 0 saturated carbocycles. The molecule has 1 aliphatic heterocycles. The molecule has 11 nitrogen and oxygen atoms in total. The van der Waals surface area contributed by atoms with Gasteiger partial charge in [-0.05, 0) is 73.5 Å². The van der Waals surface area contributed by atoms with Gasteiger partial charge in [0.1, 0.15) is 10.5 Å². The van der Waals surface area contributed by atoms with Crippen molar-refractivity contribution >= 4 is 45.7 Å². The maximum Gasteiger partial charge on any atom is 0.339 e. The van der Waals surface area contributed by atoms with E-state index in [0.29, 0.717) is 11.1 Å². The Morgan fingerprint density at radius 2 is 1.71 bits per heavy atom. The number of carbonyl (C=O) groups excluding carboxylic acids is 4. The second-order valence-corrected chi connectivity index (χ2v) is 10.3. The van der Waals surface area contributed by atoms with Gasteiger partial charge in [0.05, 0.1) is 25.0 Å². The summed E-state index contributed by atoms with van der Waals surface area (Å²) in [6.45, 7) is 5.57. The summed E-state index contributed by atoms with van der Waals surface area (Å²) in [6, 6.07) is 15.1. The van der Waals surface area contributed by atoms with Gasteiger partial charge < -0.3 is 13.7 Å². The van der Waals surface area contributed by atoms with Crippen LogP contribution in [0, 0.1) is 0 Å². The Kier molecular flexibility index (Phi) is 8.87. The molecule has 3 aromatic carbocycles. The number of amides is 4. The van der Waals surface area contributed by atoms with Gasteiger partial charge in [0, 0.05) is 5.56 Å². The third kappa shape index (κ3) is 6.23. The first-order chi connectivity index (χ1) is 20.1. The van der Waals surface area contributed by atoms with Gasteiger partial charge in [-0.25, -0.2) is 14.5 Å². The van der Waals surface area contributed by atoms with E-state index in [-0.39, 0.29) is 46.2 Å². The SMILES string of the molecule is C=CCc1cc(/C=C2\C(=O)NC(=O)N(c3ccc(C(=O)OC)cc3)C2=O)cc(OCC)c1OS(=O)(=O)c1ccccc1. The number of nitrogens with one attached hydrogen (secondary N) is 1. The maximum atomic E-state index is 13.4. The lowest BCUT2D eigenvalue weighted by Crippen LogP contribution is -2.54. The normalized spacial score (nSPS) is 14.4. The summed E-state index contributed by atoms with van der Waals surface area (Å²) in [5.41, 5.74) is 0.601. The molecule has 1 saturated heterocycles. The number of anilines is 1. The van der Waals surface area contributed by atoms with Crippen LogP contribution in [0.1, 0.15) is 28.4 Å². The number of hydrogen-bond acceptors (Lipinski definition) is 9. The van der Waals surface area contributed by atoms with Gasteiger partial charge in [-0.2, -0.15) is 8.42 Å². The van der Waals surface area contributed by atoms with E-state index < -0.39 is 33.9 Å². The fourth-order valence-corrected chi connectivity index (χ4v) is 5.09. The molecular formula is C30H26N2O9S. The largest absolute Gasteiger partial charge is 0.490 e. The molecule has 1 aliphatic rings. The molecule has 1 N–H and O–H groups in total. The van der Waals surface area contributed by atoms with Gasteiger partial charge in [-0.15, -0.1) is 6.58 Å². The van der Waals surface area contributed by atoms with E-state index in [4.69, 9.17) is 8.92 Å². The highest BCUT2D eigenvalue weighted by Crippen LogP contribution is 2.37.